The van der Waals surface area contributed by atoms with Crippen molar-refractivity contribution in [3.05, 3.63) is 66.7 Å². The summed E-state index contributed by atoms with van der Waals surface area (Å²) in [6, 6.07) is 13.7. The summed E-state index contributed by atoms with van der Waals surface area (Å²) in [7, 11) is 1.55. The molecule has 0 radical (unpaired) electrons. The van der Waals surface area contributed by atoms with Crippen LogP contribution in [0.3, 0.4) is 0 Å². The number of aryl methyl sites for hydroxylation is 1. The monoisotopic (exact) mass is 487 g/mol. The van der Waals surface area contributed by atoms with Gasteiger partial charge in [-0.25, -0.2) is 19.7 Å². The zero-order valence-electron chi connectivity index (χ0n) is 20.1. The van der Waals surface area contributed by atoms with Crippen LogP contribution >= 0.6 is 0 Å². The minimum absolute atomic E-state index is 0.253. The number of fused-ring (bicyclic) bond motifs is 1. The van der Waals surface area contributed by atoms with Gasteiger partial charge in [-0.3, -0.25) is 10.1 Å². The van der Waals surface area contributed by atoms with E-state index in [0.29, 0.717) is 34.9 Å². The fourth-order valence-corrected chi connectivity index (χ4v) is 3.63. The van der Waals surface area contributed by atoms with Crippen molar-refractivity contribution in [3.63, 3.8) is 0 Å². The zero-order valence-corrected chi connectivity index (χ0v) is 20.1. The number of aromatic nitrogens is 3. The molecule has 0 unspecified atom stereocenters. The number of amides is 2. The molecule has 0 saturated heterocycles. The number of hydrogen-bond donors (Lipinski definition) is 2. The van der Waals surface area contributed by atoms with Gasteiger partial charge in [-0.05, 0) is 61.4 Å². The average Bonchev–Trinajstić information content (AvgIpc) is 2.88. The van der Waals surface area contributed by atoms with E-state index in [2.05, 4.69) is 20.3 Å². The third-order valence-corrected chi connectivity index (χ3v) is 5.41. The number of rotatable bonds is 8. The molecule has 0 saturated carbocycles. The number of nitrogens with zero attached hydrogens (tertiary/aromatic N) is 4. The Hall–Kier alpha value is -4.73. The molecule has 10 heteroatoms. The van der Waals surface area contributed by atoms with Crippen LogP contribution in [0.5, 0.6) is 11.6 Å². The summed E-state index contributed by atoms with van der Waals surface area (Å²) in [4.78, 5) is 43.2. The lowest BCUT2D eigenvalue weighted by molar-refractivity contribution is -0.122. The molecule has 2 heterocycles. The molecule has 10 nitrogen and oxygen atoms in total. The fourth-order valence-electron chi connectivity index (χ4n) is 3.63. The molecule has 0 aliphatic heterocycles. The highest BCUT2D eigenvalue weighted by molar-refractivity contribution is 5.95. The lowest BCUT2D eigenvalue weighted by Crippen LogP contribution is -2.34. The number of hydroxylamine groups is 1. The summed E-state index contributed by atoms with van der Waals surface area (Å²) in [6.45, 7) is 3.78. The predicted molar refractivity (Wildman–Crippen MR) is 135 cm³/mol. The molecule has 2 amide bonds. The van der Waals surface area contributed by atoms with Gasteiger partial charge in [0.2, 0.25) is 5.88 Å². The maximum absolute atomic E-state index is 13.1. The van der Waals surface area contributed by atoms with Crippen LogP contribution in [0.4, 0.5) is 16.2 Å². The first-order valence-electron chi connectivity index (χ1n) is 11.3. The molecule has 0 aliphatic carbocycles. The van der Waals surface area contributed by atoms with E-state index >= 15 is 0 Å². The van der Waals surface area contributed by atoms with Gasteiger partial charge in [0.15, 0.2) is 5.75 Å². The number of nitrogens with one attached hydrogen (secondary N) is 1. The van der Waals surface area contributed by atoms with Crippen LogP contribution in [0, 0.1) is 6.92 Å². The Kier molecular flexibility index (Phi) is 7.24. The van der Waals surface area contributed by atoms with Crippen LogP contribution in [0.2, 0.25) is 0 Å². The SMILES string of the molecule is CCCC(=O)N(Oc1cc(-c2ccc(OC)nc2)cc2c(C)ncnc12)c1ccc(NC(=O)O)cc1. The van der Waals surface area contributed by atoms with Crippen molar-refractivity contribution in [3.8, 4) is 22.8 Å². The van der Waals surface area contributed by atoms with Crippen molar-refractivity contribution in [1.29, 1.82) is 0 Å². The Balaban J connectivity index is 1.79. The Morgan fingerprint density at radius 3 is 2.44 bits per heavy atom. The molecule has 2 aromatic heterocycles. The van der Waals surface area contributed by atoms with E-state index in [0.717, 1.165) is 22.2 Å². The molecule has 0 aliphatic rings. The highest BCUT2D eigenvalue weighted by Gasteiger charge is 2.21. The quantitative estimate of drug-likeness (QED) is 0.324. The fraction of sp³-hybridized carbons (Fsp3) is 0.192. The second-order valence-corrected chi connectivity index (χ2v) is 7.93. The van der Waals surface area contributed by atoms with E-state index in [9.17, 15) is 9.59 Å². The van der Waals surface area contributed by atoms with Gasteiger partial charge in [-0.2, -0.15) is 0 Å². The summed E-state index contributed by atoms with van der Waals surface area (Å²) in [5.41, 5.74) is 3.74. The van der Waals surface area contributed by atoms with Gasteiger partial charge in [-0.1, -0.05) is 6.92 Å². The maximum atomic E-state index is 13.1. The first-order valence-corrected chi connectivity index (χ1v) is 11.3. The first-order chi connectivity index (χ1) is 17.4. The van der Waals surface area contributed by atoms with E-state index in [1.165, 1.54) is 11.4 Å². The van der Waals surface area contributed by atoms with Crippen LogP contribution in [0.1, 0.15) is 25.5 Å². The summed E-state index contributed by atoms with van der Waals surface area (Å²) in [5.74, 6) is 0.598. The molecule has 0 bridgehead atoms. The topological polar surface area (TPSA) is 127 Å². The van der Waals surface area contributed by atoms with Gasteiger partial charge in [0.05, 0.1) is 12.8 Å². The molecule has 0 spiro atoms. The second-order valence-electron chi connectivity index (χ2n) is 7.93. The van der Waals surface area contributed by atoms with Crippen molar-refractivity contribution < 1.29 is 24.3 Å². The van der Waals surface area contributed by atoms with Crippen LogP contribution in [-0.2, 0) is 4.79 Å². The molecular formula is C26H25N5O5. The molecule has 184 valence electrons. The van der Waals surface area contributed by atoms with E-state index in [4.69, 9.17) is 14.7 Å². The van der Waals surface area contributed by atoms with Crippen molar-refractivity contribution in [2.75, 3.05) is 17.5 Å². The van der Waals surface area contributed by atoms with Crippen LogP contribution in [-0.4, -0.2) is 39.2 Å². The maximum Gasteiger partial charge on any atom is 0.409 e. The molecule has 0 atom stereocenters. The summed E-state index contributed by atoms with van der Waals surface area (Å²) < 4.78 is 5.16. The van der Waals surface area contributed by atoms with Gasteiger partial charge >= 0.3 is 6.09 Å². The molecule has 2 N–H and O–H groups in total. The predicted octanol–water partition coefficient (Wildman–Crippen LogP) is 5.23. The van der Waals surface area contributed by atoms with Gasteiger partial charge in [0, 0.05) is 41.0 Å². The first kappa shape index (κ1) is 24.4. The van der Waals surface area contributed by atoms with E-state index in [1.807, 2.05) is 26.0 Å². The third kappa shape index (κ3) is 5.33. The minimum atomic E-state index is -1.18. The van der Waals surface area contributed by atoms with Crippen molar-refractivity contribution >= 4 is 34.3 Å². The van der Waals surface area contributed by atoms with Crippen molar-refractivity contribution in [2.24, 2.45) is 0 Å². The third-order valence-electron chi connectivity index (χ3n) is 5.41. The van der Waals surface area contributed by atoms with E-state index in [1.54, 1.807) is 49.7 Å². The molecule has 4 aromatic rings. The van der Waals surface area contributed by atoms with Gasteiger partial charge in [0.25, 0.3) is 5.91 Å². The Bertz CT molecular complexity index is 1390. The van der Waals surface area contributed by atoms with Crippen molar-refractivity contribution in [1.82, 2.24) is 15.0 Å². The van der Waals surface area contributed by atoms with Crippen LogP contribution in [0.15, 0.2) is 61.1 Å². The highest BCUT2D eigenvalue weighted by atomic mass is 16.7. The number of ether oxygens (including phenoxy) is 1. The second kappa shape index (κ2) is 10.7. The normalized spacial score (nSPS) is 10.6. The standard InChI is InChI=1S/C26H25N5O5/c1-4-5-24(32)31(20-9-7-19(8-10-20)30-26(33)34)36-22-13-18(17-6-11-23(35-3)27-14-17)12-21-16(2)28-15-29-25(21)22/h6-15,30H,4-5H2,1-3H3,(H,33,34). The van der Waals surface area contributed by atoms with E-state index < -0.39 is 6.09 Å². The molecule has 4 rings (SSSR count). The van der Waals surface area contributed by atoms with Gasteiger partial charge < -0.3 is 14.7 Å². The molecule has 2 aromatic carbocycles. The Labute approximate surface area is 207 Å². The lowest BCUT2D eigenvalue weighted by atomic mass is 10.0. The zero-order chi connectivity index (χ0) is 25.7. The summed E-state index contributed by atoms with van der Waals surface area (Å²) >= 11 is 0. The van der Waals surface area contributed by atoms with E-state index in [-0.39, 0.29) is 12.3 Å². The highest BCUT2D eigenvalue weighted by Crippen LogP contribution is 2.34. The number of benzene rings is 2. The number of methoxy groups -OCH3 is 1. The Morgan fingerprint density at radius 1 is 1.03 bits per heavy atom. The van der Waals surface area contributed by atoms with Crippen molar-refractivity contribution in [2.45, 2.75) is 26.7 Å². The van der Waals surface area contributed by atoms with Gasteiger partial charge in [0.1, 0.15) is 11.8 Å². The van der Waals surface area contributed by atoms with Crippen LogP contribution in [0.25, 0.3) is 22.0 Å². The number of anilines is 2. The minimum Gasteiger partial charge on any atom is -0.481 e. The summed E-state index contributed by atoms with van der Waals surface area (Å²) in [6.07, 6.45) is 2.84. The molecule has 0 fully saturated rings. The number of hydrogen-bond acceptors (Lipinski definition) is 7. The lowest BCUT2D eigenvalue weighted by Gasteiger charge is -2.24. The smallest absolute Gasteiger partial charge is 0.409 e. The molecular weight excluding hydrogens is 462 g/mol. The van der Waals surface area contributed by atoms with Crippen LogP contribution < -0.4 is 20.0 Å². The molecule has 36 heavy (non-hydrogen) atoms. The number of carboxylic acid groups (broad SMARTS) is 1. The Morgan fingerprint density at radius 2 is 1.81 bits per heavy atom. The number of carbonyl (C=O) groups is 2. The average molecular weight is 488 g/mol. The summed E-state index contributed by atoms with van der Waals surface area (Å²) in [5, 5.41) is 13.2. The van der Waals surface area contributed by atoms with Gasteiger partial charge in [-0.15, -0.1) is 5.06 Å². The number of pyridine rings is 1. The largest absolute Gasteiger partial charge is 0.481 e. The number of carbonyl (C=O) groups excluding carboxylic acids is 1.